The first kappa shape index (κ1) is 7.84. The molecule has 0 aromatic rings. The van der Waals surface area contributed by atoms with E-state index in [0.717, 1.165) is 0 Å². The Labute approximate surface area is 64.0 Å². The molecule has 0 radical (unpaired) electrons. The molecule has 2 amide bonds. The topological polar surface area (TPSA) is 69.6 Å². The molecule has 0 aromatic heterocycles. The number of aliphatic carboxylic acids is 1. The number of urea groups is 1. The summed E-state index contributed by atoms with van der Waals surface area (Å²) in [6, 6.07) is -0.932. The minimum atomic E-state index is -0.931. The fourth-order valence-electron chi connectivity index (χ4n) is 1.03. The summed E-state index contributed by atoms with van der Waals surface area (Å²) in [5.74, 6) is -0.931. The van der Waals surface area contributed by atoms with Crippen molar-refractivity contribution in [2.45, 2.75) is 12.5 Å². The van der Waals surface area contributed by atoms with Crippen LogP contribution in [0.2, 0.25) is 0 Å². The van der Waals surface area contributed by atoms with Gasteiger partial charge in [0, 0.05) is 13.6 Å². The average Bonchev–Trinajstić information content (AvgIpc) is 1.83. The Bertz CT molecular complexity index is 192. The number of hydrogen-bond acceptors (Lipinski definition) is 2. The van der Waals surface area contributed by atoms with Gasteiger partial charge in [-0.25, -0.2) is 9.59 Å². The van der Waals surface area contributed by atoms with Crippen LogP contribution < -0.4 is 5.32 Å². The average molecular weight is 158 g/mol. The van der Waals surface area contributed by atoms with Crippen molar-refractivity contribution < 1.29 is 14.7 Å². The summed E-state index contributed by atoms with van der Waals surface area (Å²) in [7, 11) is 1.49. The lowest BCUT2D eigenvalue weighted by Crippen LogP contribution is -2.57. The van der Waals surface area contributed by atoms with E-state index in [1.54, 1.807) is 0 Å². The number of hydrogen-bond donors (Lipinski definition) is 2. The molecule has 11 heavy (non-hydrogen) atoms. The van der Waals surface area contributed by atoms with Gasteiger partial charge in [-0.1, -0.05) is 0 Å². The Hall–Kier alpha value is -1.26. The molecule has 1 aliphatic heterocycles. The predicted molar refractivity (Wildman–Crippen MR) is 37.2 cm³/mol. The lowest BCUT2D eigenvalue weighted by molar-refractivity contribution is -0.145. The standard InChI is InChI=1S/C6H10N2O3/c1-7-6(11)8-3-2-4(8)5(9)10/h4H,2-3H2,1H3,(H,7,11)(H,9,10). The van der Waals surface area contributed by atoms with Gasteiger partial charge in [-0.3, -0.25) is 0 Å². The zero-order valence-electron chi connectivity index (χ0n) is 6.20. The Morgan fingerprint density at radius 1 is 1.64 bits per heavy atom. The molecule has 0 aromatic carbocycles. The van der Waals surface area contributed by atoms with Crippen LogP contribution in [0.4, 0.5) is 4.79 Å². The molecule has 0 bridgehead atoms. The lowest BCUT2D eigenvalue weighted by Gasteiger charge is -2.37. The second-order valence-corrected chi connectivity index (χ2v) is 2.39. The minimum absolute atomic E-state index is 0.316. The summed E-state index contributed by atoms with van der Waals surface area (Å²) >= 11 is 0. The molecule has 0 aliphatic carbocycles. The third-order valence-electron chi connectivity index (χ3n) is 1.78. The monoisotopic (exact) mass is 158 g/mol. The summed E-state index contributed by atoms with van der Waals surface area (Å²) in [6.45, 7) is 0.538. The Kier molecular flexibility index (Phi) is 1.98. The first-order chi connectivity index (χ1) is 5.16. The smallest absolute Gasteiger partial charge is 0.326 e. The number of likely N-dealkylation sites (tertiary alicyclic amines) is 1. The van der Waals surface area contributed by atoms with Crippen LogP contribution in [0.1, 0.15) is 6.42 Å². The van der Waals surface area contributed by atoms with Crippen LogP contribution in [-0.2, 0) is 4.79 Å². The van der Waals surface area contributed by atoms with Gasteiger partial charge in [0.2, 0.25) is 0 Å². The molecule has 1 fully saturated rings. The summed E-state index contributed by atoms with van der Waals surface area (Å²) in [5.41, 5.74) is 0. The highest BCUT2D eigenvalue weighted by atomic mass is 16.4. The van der Waals surface area contributed by atoms with Crippen molar-refractivity contribution in [2.75, 3.05) is 13.6 Å². The van der Waals surface area contributed by atoms with Crippen LogP contribution in [0.25, 0.3) is 0 Å². The predicted octanol–water partition coefficient (Wildman–Crippen LogP) is -0.515. The van der Waals surface area contributed by atoms with Crippen molar-refractivity contribution >= 4 is 12.0 Å². The van der Waals surface area contributed by atoms with Crippen molar-refractivity contribution in [3.8, 4) is 0 Å². The first-order valence-electron chi connectivity index (χ1n) is 3.38. The molecule has 62 valence electrons. The number of nitrogens with zero attached hydrogens (tertiary/aromatic N) is 1. The Morgan fingerprint density at radius 2 is 2.27 bits per heavy atom. The molecule has 5 nitrogen and oxygen atoms in total. The number of amides is 2. The van der Waals surface area contributed by atoms with Crippen LogP contribution in [0.15, 0.2) is 0 Å². The van der Waals surface area contributed by atoms with Gasteiger partial charge in [-0.15, -0.1) is 0 Å². The summed E-state index contributed by atoms with van der Waals surface area (Å²) in [4.78, 5) is 22.5. The molecule has 1 aliphatic rings. The highest BCUT2D eigenvalue weighted by molar-refractivity contribution is 5.84. The van der Waals surface area contributed by atoms with Gasteiger partial charge >= 0.3 is 12.0 Å². The lowest BCUT2D eigenvalue weighted by atomic mass is 10.0. The van der Waals surface area contributed by atoms with Crippen molar-refractivity contribution in [1.82, 2.24) is 10.2 Å². The SMILES string of the molecule is CNC(=O)N1CCC1C(=O)O. The normalized spacial score (nSPS) is 22.3. The van der Waals surface area contributed by atoms with Crippen molar-refractivity contribution in [1.29, 1.82) is 0 Å². The fraction of sp³-hybridized carbons (Fsp3) is 0.667. The van der Waals surface area contributed by atoms with E-state index in [1.165, 1.54) is 11.9 Å². The second-order valence-electron chi connectivity index (χ2n) is 2.39. The number of carboxylic acids is 1. The maximum Gasteiger partial charge on any atom is 0.326 e. The molecule has 1 atom stereocenters. The quantitative estimate of drug-likeness (QED) is 0.539. The largest absolute Gasteiger partial charge is 0.480 e. The molecule has 0 saturated carbocycles. The number of carbonyl (C=O) groups excluding carboxylic acids is 1. The van der Waals surface area contributed by atoms with E-state index in [-0.39, 0.29) is 6.03 Å². The van der Waals surface area contributed by atoms with Crippen LogP contribution in [0.5, 0.6) is 0 Å². The molecule has 1 rings (SSSR count). The van der Waals surface area contributed by atoms with Crippen molar-refractivity contribution in [3.05, 3.63) is 0 Å². The van der Waals surface area contributed by atoms with E-state index in [1.807, 2.05) is 0 Å². The Morgan fingerprint density at radius 3 is 2.55 bits per heavy atom. The molecule has 1 saturated heterocycles. The van der Waals surface area contributed by atoms with Gasteiger partial charge in [0.15, 0.2) is 0 Å². The van der Waals surface area contributed by atoms with E-state index in [2.05, 4.69) is 5.32 Å². The molecule has 1 unspecified atom stereocenters. The highest BCUT2D eigenvalue weighted by Gasteiger charge is 2.36. The van der Waals surface area contributed by atoms with E-state index in [0.29, 0.717) is 13.0 Å². The summed E-state index contributed by atoms with van der Waals surface area (Å²) in [6.07, 6.45) is 0.558. The van der Waals surface area contributed by atoms with Crippen molar-refractivity contribution in [2.24, 2.45) is 0 Å². The molecule has 2 N–H and O–H groups in total. The first-order valence-corrected chi connectivity index (χ1v) is 3.38. The van der Waals surface area contributed by atoms with Crippen LogP contribution in [0.3, 0.4) is 0 Å². The third-order valence-corrected chi connectivity index (χ3v) is 1.78. The second kappa shape index (κ2) is 2.77. The molecule has 1 heterocycles. The van der Waals surface area contributed by atoms with Gasteiger partial charge in [0.25, 0.3) is 0 Å². The maximum absolute atomic E-state index is 10.9. The van der Waals surface area contributed by atoms with E-state index in [4.69, 9.17) is 5.11 Å². The zero-order valence-corrected chi connectivity index (χ0v) is 6.20. The minimum Gasteiger partial charge on any atom is -0.480 e. The zero-order chi connectivity index (χ0) is 8.43. The van der Waals surface area contributed by atoms with Gasteiger partial charge in [-0.2, -0.15) is 0 Å². The van der Waals surface area contributed by atoms with Crippen LogP contribution in [0, 0.1) is 0 Å². The molecule has 5 heteroatoms. The third kappa shape index (κ3) is 1.26. The number of nitrogens with one attached hydrogen (secondary N) is 1. The highest BCUT2D eigenvalue weighted by Crippen LogP contribution is 2.16. The van der Waals surface area contributed by atoms with Gasteiger partial charge in [-0.05, 0) is 6.42 Å². The van der Waals surface area contributed by atoms with E-state index >= 15 is 0 Å². The van der Waals surface area contributed by atoms with E-state index < -0.39 is 12.0 Å². The van der Waals surface area contributed by atoms with Gasteiger partial charge in [0.05, 0.1) is 0 Å². The van der Waals surface area contributed by atoms with Gasteiger partial charge < -0.3 is 15.3 Å². The molecule has 0 spiro atoms. The van der Waals surface area contributed by atoms with Gasteiger partial charge in [0.1, 0.15) is 6.04 Å². The van der Waals surface area contributed by atoms with E-state index in [9.17, 15) is 9.59 Å². The molecular formula is C6H10N2O3. The summed E-state index contributed by atoms with van der Waals surface area (Å²) < 4.78 is 0. The number of rotatable bonds is 1. The fourth-order valence-corrected chi connectivity index (χ4v) is 1.03. The molecular weight excluding hydrogens is 148 g/mol. The maximum atomic E-state index is 10.9. The summed E-state index contributed by atoms with van der Waals surface area (Å²) in [5, 5.41) is 10.9. The van der Waals surface area contributed by atoms with Crippen molar-refractivity contribution in [3.63, 3.8) is 0 Å². The Balaban J connectivity index is 2.49. The number of carbonyl (C=O) groups is 2. The van der Waals surface area contributed by atoms with Crippen LogP contribution in [-0.4, -0.2) is 41.6 Å². The number of carboxylic acid groups (broad SMARTS) is 1. The van der Waals surface area contributed by atoms with Crippen LogP contribution >= 0.6 is 0 Å².